The first-order chi connectivity index (χ1) is 10.2. The normalized spacial score (nSPS) is 11.9. The van der Waals surface area contributed by atoms with Gasteiger partial charge in [-0.15, -0.1) is 0 Å². The van der Waals surface area contributed by atoms with Crippen molar-refractivity contribution in [2.45, 2.75) is 32.7 Å². The van der Waals surface area contributed by atoms with Crippen molar-refractivity contribution < 1.29 is 13.9 Å². The molecule has 0 aliphatic carbocycles. The summed E-state index contributed by atoms with van der Waals surface area (Å²) in [6.07, 6.45) is 4.49. The van der Waals surface area contributed by atoms with Gasteiger partial charge in [-0.2, -0.15) is 0 Å². The molecule has 2 rings (SSSR count). The largest absolute Gasteiger partial charge is 0.494 e. The molecule has 0 fully saturated rings. The lowest BCUT2D eigenvalue weighted by Crippen LogP contribution is -2.35. The molecule has 4 nitrogen and oxygen atoms in total. The van der Waals surface area contributed by atoms with Crippen LogP contribution >= 0.6 is 0 Å². The highest BCUT2D eigenvalue weighted by molar-refractivity contribution is 5.78. The van der Waals surface area contributed by atoms with Crippen LogP contribution in [0.25, 0.3) is 0 Å². The zero-order chi connectivity index (χ0) is 15.1. The van der Waals surface area contributed by atoms with E-state index in [1.54, 1.807) is 12.5 Å². The highest BCUT2D eigenvalue weighted by atomic mass is 16.5. The predicted molar refractivity (Wildman–Crippen MR) is 81.3 cm³/mol. The average molecular weight is 287 g/mol. The van der Waals surface area contributed by atoms with E-state index in [1.165, 1.54) is 0 Å². The van der Waals surface area contributed by atoms with E-state index >= 15 is 0 Å². The number of nitrogens with one attached hydrogen (secondary N) is 1. The zero-order valence-electron chi connectivity index (χ0n) is 12.5. The number of rotatable bonds is 7. The molecular weight excluding hydrogens is 266 g/mol. The van der Waals surface area contributed by atoms with Gasteiger partial charge < -0.3 is 14.5 Å². The third kappa shape index (κ3) is 4.99. The van der Waals surface area contributed by atoms with Gasteiger partial charge in [0.25, 0.3) is 0 Å². The minimum absolute atomic E-state index is 0.0233. The second-order valence-corrected chi connectivity index (χ2v) is 5.06. The first-order valence-corrected chi connectivity index (χ1v) is 7.19. The van der Waals surface area contributed by atoms with Crippen molar-refractivity contribution in [3.8, 4) is 5.75 Å². The van der Waals surface area contributed by atoms with E-state index < -0.39 is 0 Å². The minimum atomic E-state index is 0.0233. The van der Waals surface area contributed by atoms with E-state index in [-0.39, 0.29) is 11.9 Å². The Bertz CT molecular complexity index is 546. The van der Waals surface area contributed by atoms with Crippen molar-refractivity contribution in [3.05, 3.63) is 54.0 Å². The molecule has 21 heavy (non-hydrogen) atoms. The third-order valence-corrected chi connectivity index (χ3v) is 3.13. The van der Waals surface area contributed by atoms with Gasteiger partial charge in [0.1, 0.15) is 5.75 Å². The van der Waals surface area contributed by atoms with Crippen molar-refractivity contribution >= 4 is 5.91 Å². The number of hydrogen-bond acceptors (Lipinski definition) is 3. The summed E-state index contributed by atoms with van der Waals surface area (Å²) in [7, 11) is 0. The Hall–Kier alpha value is -2.23. The number of furan rings is 1. The fraction of sp³-hybridized carbons (Fsp3) is 0.353. The van der Waals surface area contributed by atoms with Crippen molar-refractivity contribution in [2.75, 3.05) is 6.61 Å². The summed E-state index contributed by atoms with van der Waals surface area (Å²) in [5, 5.41) is 2.99. The highest BCUT2D eigenvalue weighted by Gasteiger charge is 2.09. The van der Waals surface area contributed by atoms with E-state index in [1.807, 2.05) is 44.2 Å². The maximum atomic E-state index is 12.0. The summed E-state index contributed by atoms with van der Waals surface area (Å²) in [6.45, 7) is 4.58. The molecule has 0 aliphatic rings. The van der Waals surface area contributed by atoms with Crippen LogP contribution in [0.15, 0.2) is 47.3 Å². The molecule has 4 heteroatoms. The molecule has 0 radical (unpaired) electrons. The van der Waals surface area contributed by atoms with Gasteiger partial charge in [-0.05, 0) is 49.6 Å². The van der Waals surface area contributed by atoms with E-state index in [4.69, 9.17) is 9.15 Å². The lowest BCUT2D eigenvalue weighted by Gasteiger charge is -2.13. The number of carbonyl (C=O) groups is 1. The molecule has 0 bridgehead atoms. The minimum Gasteiger partial charge on any atom is -0.494 e. The van der Waals surface area contributed by atoms with Crippen LogP contribution in [0.3, 0.4) is 0 Å². The molecule has 0 saturated heterocycles. The maximum absolute atomic E-state index is 12.0. The van der Waals surface area contributed by atoms with E-state index in [9.17, 15) is 4.79 Å². The first kappa shape index (κ1) is 15.2. The number of benzene rings is 1. The smallest absolute Gasteiger partial charge is 0.224 e. The third-order valence-electron chi connectivity index (χ3n) is 3.13. The molecule has 1 aromatic carbocycles. The number of hydrogen-bond donors (Lipinski definition) is 1. The van der Waals surface area contributed by atoms with Crippen LogP contribution in [0, 0.1) is 0 Å². The van der Waals surface area contributed by atoms with Crippen LogP contribution in [0.5, 0.6) is 5.75 Å². The van der Waals surface area contributed by atoms with Gasteiger partial charge in [0.2, 0.25) is 5.91 Å². The Morgan fingerprint density at radius 3 is 2.62 bits per heavy atom. The van der Waals surface area contributed by atoms with Gasteiger partial charge in [-0.1, -0.05) is 12.1 Å². The second-order valence-electron chi connectivity index (χ2n) is 5.06. The molecule has 0 spiro atoms. The number of ether oxygens (including phenoxy) is 1. The Labute approximate surface area is 125 Å². The van der Waals surface area contributed by atoms with Crippen LogP contribution < -0.4 is 10.1 Å². The second kappa shape index (κ2) is 7.53. The fourth-order valence-corrected chi connectivity index (χ4v) is 2.19. The Balaban J connectivity index is 1.80. The Morgan fingerprint density at radius 1 is 1.24 bits per heavy atom. The zero-order valence-corrected chi connectivity index (χ0v) is 12.5. The SMILES string of the molecule is CCOc1ccc(CC(=O)N[C@@H](C)Cc2ccoc2)cc1. The van der Waals surface area contributed by atoms with Crippen molar-refractivity contribution in [1.29, 1.82) is 0 Å². The van der Waals surface area contributed by atoms with Crippen LogP contribution in [0.1, 0.15) is 25.0 Å². The molecule has 1 N–H and O–H groups in total. The molecule has 1 amide bonds. The summed E-state index contributed by atoms with van der Waals surface area (Å²) in [5.74, 6) is 0.852. The standard InChI is InChI=1S/C17H21NO3/c1-3-21-16-6-4-14(5-7-16)11-17(19)18-13(2)10-15-8-9-20-12-15/h4-9,12-13H,3,10-11H2,1-2H3,(H,18,19)/t13-/m0/s1. The van der Waals surface area contributed by atoms with Gasteiger partial charge in [0.05, 0.1) is 25.6 Å². The molecule has 1 atom stereocenters. The molecule has 1 aromatic heterocycles. The average Bonchev–Trinajstić information content (AvgIpc) is 2.93. The molecule has 2 aromatic rings. The maximum Gasteiger partial charge on any atom is 0.224 e. The van der Waals surface area contributed by atoms with E-state index in [0.29, 0.717) is 13.0 Å². The predicted octanol–water partition coefficient (Wildman–Crippen LogP) is 2.97. The lowest BCUT2D eigenvalue weighted by atomic mass is 10.1. The molecule has 0 aliphatic heterocycles. The topological polar surface area (TPSA) is 51.5 Å². The Kier molecular flexibility index (Phi) is 5.43. The fourth-order valence-electron chi connectivity index (χ4n) is 2.19. The van der Waals surface area contributed by atoms with Gasteiger partial charge in [-0.3, -0.25) is 4.79 Å². The number of carbonyl (C=O) groups excluding carboxylic acids is 1. The van der Waals surface area contributed by atoms with E-state index in [0.717, 1.165) is 23.3 Å². The summed E-state index contributed by atoms with van der Waals surface area (Å²) in [5.41, 5.74) is 2.07. The first-order valence-electron chi connectivity index (χ1n) is 7.19. The van der Waals surface area contributed by atoms with Crippen LogP contribution in [-0.2, 0) is 17.6 Å². The number of amides is 1. The molecular formula is C17H21NO3. The highest BCUT2D eigenvalue weighted by Crippen LogP contribution is 2.12. The molecule has 0 saturated carbocycles. The van der Waals surface area contributed by atoms with Crippen LogP contribution in [0.2, 0.25) is 0 Å². The monoisotopic (exact) mass is 287 g/mol. The van der Waals surface area contributed by atoms with Gasteiger partial charge in [0, 0.05) is 6.04 Å². The molecule has 1 heterocycles. The summed E-state index contributed by atoms with van der Waals surface area (Å²) < 4.78 is 10.4. The summed E-state index contributed by atoms with van der Waals surface area (Å²) >= 11 is 0. The van der Waals surface area contributed by atoms with Gasteiger partial charge in [-0.25, -0.2) is 0 Å². The van der Waals surface area contributed by atoms with E-state index in [2.05, 4.69) is 5.32 Å². The molecule has 112 valence electrons. The summed E-state index contributed by atoms with van der Waals surface area (Å²) in [6, 6.07) is 9.62. The molecule has 0 unspecified atom stereocenters. The van der Waals surface area contributed by atoms with Gasteiger partial charge >= 0.3 is 0 Å². The Morgan fingerprint density at radius 2 is 2.00 bits per heavy atom. The quantitative estimate of drug-likeness (QED) is 0.851. The van der Waals surface area contributed by atoms with Crippen molar-refractivity contribution in [1.82, 2.24) is 5.32 Å². The van der Waals surface area contributed by atoms with Gasteiger partial charge in [0.15, 0.2) is 0 Å². The van der Waals surface area contributed by atoms with Crippen molar-refractivity contribution in [3.63, 3.8) is 0 Å². The van der Waals surface area contributed by atoms with Crippen molar-refractivity contribution in [2.24, 2.45) is 0 Å². The summed E-state index contributed by atoms with van der Waals surface area (Å²) in [4.78, 5) is 12.0. The van der Waals surface area contributed by atoms with Crippen LogP contribution in [-0.4, -0.2) is 18.6 Å². The lowest BCUT2D eigenvalue weighted by molar-refractivity contribution is -0.121. The van der Waals surface area contributed by atoms with Crippen LogP contribution in [0.4, 0.5) is 0 Å².